The molecule has 0 aliphatic heterocycles. The minimum absolute atomic E-state index is 0.00340. The third-order valence-corrected chi connectivity index (χ3v) is 4.90. The molecule has 0 heterocycles. The van der Waals surface area contributed by atoms with Gasteiger partial charge in [-0.3, -0.25) is 0 Å². The first-order chi connectivity index (χ1) is 9.20. The maximum Gasteiger partial charge on any atom is 0.146 e. The molecule has 0 rings (SSSR count). The lowest BCUT2D eigenvalue weighted by atomic mass is 9.83. The van der Waals surface area contributed by atoms with Gasteiger partial charge in [0.25, 0.3) is 0 Å². The molecular weight excluding hydrogens is 252 g/mol. The Morgan fingerprint density at radius 3 is 1.79 bits per heavy atom. The smallest absolute Gasteiger partial charge is 0.146 e. The van der Waals surface area contributed by atoms with Crippen LogP contribution in [0.1, 0.15) is 85.5 Å². The SMILES string of the molecule is CCCCC(OCC)C(CCCC)(CCCC)O[SiH3]. The highest BCUT2D eigenvalue weighted by atomic mass is 28.2. The number of hydrogen-bond acceptors (Lipinski definition) is 2. The summed E-state index contributed by atoms with van der Waals surface area (Å²) >= 11 is 0. The van der Waals surface area contributed by atoms with Crippen molar-refractivity contribution in [1.29, 1.82) is 0 Å². The summed E-state index contributed by atoms with van der Waals surface area (Å²) in [7, 11) is 0.813. The maximum absolute atomic E-state index is 6.17. The Hall–Kier alpha value is 0.137. The van der Waals surface area contributed by atoms with Gasteiger partial charge in [-0.1, -0.05) is 59.3 Å². The molecule has 0 radical (unpaired) electrons. The van der Waals surface area contributed by atoms with Crippen LogP contribution in [0.5, 0.6) is 0 Å². The molecule has 3 heteroatoms. The van der Waals surface area contributed by atoms with E-state index in [9.17, 15) is 0 Å². The van der Waals surface area contributed by atoms with Crippen LogP contribution in [-0.2, 0) is 9.16 Å². The van der Waals surface area contributed by atoms with Crippen molar-refractivity contribution in [3.63, 3.8) is 0 Å². The third kappa shape index (κ3) is 6.91. The van der Waals surface area contributed by atoms with E-state index in [1.54, 1.807) is 0 Å². The number of rotatable bonds is 13. The van der Waals surface area contributed by atoms with Gasteiger partial charge in [-0.2, -0.15) is 0 Å². The van der Waals surface area contributed by atoms with E-state index in [-0.39, 0.29) is 5.60 Å². The number of hydrogen-bond donors (Lipinski definition) is 0. The van der Waals surface area contributed by atoms with Crippen LogP contribution < -0.4 is 0 Å². The second-order valence-corrected chi connectivity index (χ2v) is 5.97. The average molecular weight is 289 g/mol. The molecule has 0 fully saturated rings. The van der Waals surface area contributed by atoms with Crippen molar-refractivity contribution in [2.24, 2.45) is 0 Å². The number of ether oxygens (including phenoxy) is 1. The van der Waals surface area contributed by atoms with Gasteiger partial charge in [0.2, 0.25) is 0 Å². The third-order valence-electron chi connectivity index (χ3n) is 4.09. The predicted octanol–water partition coefficient (Wildman–Crippen LogP) is 4.00. The predicted molar refractivity (Wildman–Crippen MR) is 87.7 cm³/mol. The van der Waals surface area contributed by atoms with E-state index < -0.39 is 0 Å². The molecule has 0 aromatic rings. The van der Waals surface area contributed by atoms with E-state index in [2.05, 4.69) is 27.7 Å². The van der Waals surface area contributed by atoms with Crippen molar-refractivity contribution in [1.82, 2.24) is 0 Å². The van der Waals surface area contributed by atoms with Crippen LogP contribution >= 0.6 is 0 Å². The summed E-state index contributed by atoms with van der Waals surface area (Å²) in [5, 5.41) is 0. The molecule has 0 aliphatic rings. The summed E-state index contributed by atoms with van der Waals surface area (Å²) in [6.45, 7) is 9.69. The van der Waals surface area contributed by atoms with Crippen LogP contribution in [0.4, 0.5) is 0 Å². The van der Waals surface area contributed by atoms with Gasteiger partial charge in [-0.05, 0) is 26.2 Å². The minimum atomic E-state index is 0.00340. The Morgan fingerprint density at radius 1 is 0.895 bits per heavy atom. The lowest BCUT2D eigenvalue weighted by Gasteiger charge is -2.40. The molecule has 0 aliphatic carbocycles. The van der Waals surface area contributed by atoms with Crippen LogP contribution in [0.3, 0.4) is 0 Å². The maximum atomic E-state index is 6.17. The van der Waals surface area contributed by atoms with Gasteiger partial charge in [-0.25, -0.2) is 0 Å². The van der Waals surface area contributed by atoms with Gasteiger partial charge in [-0.15, -0.1) is 0 Å². The lowest BCUT2D eigenvalue weighted by molar-refractivity contribution is -0.102. The van der Waals surface area contributed by atoms with E-state index in [4.69, 9.17) is 9.16 Å². The molecule has 1 unspecified atom stereocenters. The zero-order chi connectivity index (χ0) is 14.6. The quantitative estimate of drug-likeness (QED) is 0.477. The average Bonchev–Trinajstić information content (AvgIpc) is 2.44. The monoisotopic (exact) mass is 288 g/mol. The Bertz CT molecular complexity index is 189. The fourth-order valence-corrected chi connectivity index (χ4v) is 3.49. The Kier molecular flexibility index (Phi) is 12.0. The highest BCUT2D eigenvalue weighted by Crippen LogP contribution is 2.33. The Balaban J connectivity index is 4.84. The zero-order valence-corrected chi connectivity index (χ0v) is 16.0. The minimum Gasteiger partial charge on any atom is -0.420 e. The van der Waals surface area contributed by atoms with Crippen molar-refractivity contribution in [2.45, 2.75) is 97.2 Å². The van der Waals surface area contributed by atoms with Gasteiger partial charge in [0, 0.05) is 6.61 Å². The molecule has 0 N–H and O–H groups in total. The Labute approximate surface area is 124 Å². The van der Waals surface area contributed by atoms with Gasteiger partial charge in [0.15, 0.2) is 0 Å². The highest BCUT2D eigenvalue weighted by molar-refractivity contribution is 5.98. The molecule has 0 saturated carbocycles. The first-order valence-electron chi connectivity index (χ1n) is 8.37. The molecule has 0 aromatic carbocycles. The standard InChI is InChI=1S/C16H36O2Si/c1-5-9-12-15(17-8-4)16(18-19,13-10-6-2)14-11-7-3/h15H,5-14H2,1-4,19H3. The van der Waals surface area contributed by atoms with E-state index in [0.717, 1.165) is 23.5 Å². The Morgan fingerprint density at radius 2 is 1.42 bits per heavy atom. The van der Waals surface area contributed by atoms with Gasteiger partial charge < -0.3 is 9.16 Å². The first kappa shape index (κ1) is 19.1. The first-order valence-corrected chi connectivity index (χ1v) is 9.19. The van der Waals surface area contributed by atoms with Gasteiger partial charge >= 0.3 is 0 Å². The highest BCUT2D eigenvalue weighted by Gasteiger charge is 2.37. The molecule has 1 atom stereocenters. The summed E-state index contributed by atoms with van der Waals surface area (Å²) in [6, 6.07) is 0. The summed E-state index contributed by atoms with van der Waals surface area (Å²) in [6.07, 6.45) is 11.3. The van der Waals surface area contributed by atoms with Crippen LogP contribution in [0.2, 0.25) is 0 Å². The molecule has 0 spiro atoms. The summed E-state index contributed by atoms with van der Waals surface area (Å²) in [5.41, 5.74) is 0.00340. The van der Waals surface area contributed by atoms with Gasteiger partial charge in [0.05, 0.1) is 11.7 Å². The topological polar surface area (TPSA) is 18.5 Å². The largest absolute Gasteiger partial charge is 0.420 e. The van der Waals surface area contributed by atoms with E-state index >= 15 is 0 Å². The zero-order valence-electron chi connectivity index (χ0n) is 14.0. The van der Waals surface area contributed by atoms with Crippen LogP contribution in [0.15, 0.2) is 0 Å². The molecule has 0 bridgehead atoms. The van der Waals surface area contributed by atoms with Crippen LogP contribution in [0.25, 0.3) is 0 Å². The number of unbranched alkanes of at least 4 members (excludes halogenated alkanes) is 3. The molecule has 0 aromatic heterocycles. The van der Waals surface area contributed by atoms with Crippen LogP contribution in [0, 0.1) is 0 Å². The van der Waals surface area contributed by atoms with E-state index in [1.165, 1.54) is 51.4 Å². The molecule has 0 amide bonds. The van der Waals surface area contributed by atoms with Crippen molar-refractivity contribution >= 4 is 10.5 Å². The van der Waals surface area contributed by atoms with Crippen molar-refractivity contribution in [2.75, 3.05) is 6.61 Å². The van der Waals surface area contributed by atoms with Gasteiger partial charge in [0.1, 0.15) is 10.5 Å². The van der Waals surface area contributed by atoms with Crippen molar-refractivity contribution < 1.29 is 9.16 Å². The van der Waals surface area contributed by atoms with E-state index in [1.807, 2.05) is 0 Å². The molecular formula is C16H36O2Si. The fraction of sp³-hybridized carbons (Fsp3) is 1.00. The summed E-state index contributed by atoms with van der Waals surface area (Å²) in [4.78, 5) is 0. The molecule has 2 nitrogen and oxygen atoms in total. The lowest BCUT2D eigenvalue weighted by Crippen LogP contribution is -2.46. The van der Waals surface area contributed by atoms with Crippen molar-refractivity contribution in [3.8, 4) is 0 Å². The molecule has 19 heavy (non-hydrogen) atoms. The van der Waals surface area contributed by atoms with Crippen LogP contribution in [-0.4, -0.2) is 28.8 Å². The molecule has 116 valence electrons. The second kappa shape index (κ2) is 11.9. The second-order valence-electron chi connectivity index (χ2n) is 5.56. The fourth-order valence-electron chi connectivity index (χ4n) is 2.82. The summed E-state index contributed by atoms with van der Waals surface area (Å²) in [5.74, 6) is 0. The van der Waals surface area contributed by atoms with Crippen molar-refractivity contribution in [3.05, 3.63) is 0 Å². The summed E-state index contributed by atoms with van der Waals surface area (Å²) < 4.78 is 12.3. The normalized spacial score (nSPS) is 13.9. The van der Waals surface area contributed by atoms with E-state index in [0.29, 0.717) is 6.10 Å². The molecule has 0 saturated heterocycles.